The van der Waals surface area contributed by atoms with Crippen LogP contribution in [-0.2, 0) is 6.42 Å². The van der Waals surface area contributed by atoms with Gasteiger partial charge in [-0.1, -0.05) is 31.7 Å². The summed E-state index contributed by atoms with van der Waals surface area (Å²) in [6.45, 7) is 2.19. The van der Waals surface area contributed by atoms with Crippen molar-refractivity contribution in [1.82, 2.24) is 4.90 Å². The monoisotopic (exact) mass is 516 g/mol. The van der Waals surface area contributed by atoms with Crippen molar-refractivity contribution >= 4 is 11.1 Å². The molecule has 6 heteroatoms. The number of halogens is 2. The van der Waals surface area contributed by atoms with Gasteiger partial charge in [-0.2, -0.15) is 5.26 Å². The highest BCUT2D eigenvalue weighted by atomic mass is 19.1. The van der Waals surface area contributed by atoms with Gasteiger partial charge in [0.2, 0.25) is 0 Å². The third kappa shape index (κ3) is 5.89. The fourth-order valence-electron chi connectivity index (χ4n) is 5.46. The number of aromatic hydroxyl groups is 1. The molecule has 0 amide bonds. The molecule has 38 heavy (non-hydrogen) atoms. The number of aryl methyl sites for hydroxylation is 1. The van der Waals surface area contributed by atoms with Crippen LogP contribution in [-0.4, -0.2) is 42.4 Å². The Kier molecular flexibility index (Phi) is 8.81. The van der Waals surface area contributed by atoms with Crippen molar-refractivity contribution in [2.75, 3.05) is 26.3 Å². The van der Waals surface area contributed by atoms with Gasteiger partial charge in [-0.25, -0.2) is 4.39 Å². The van der Waals surface area contributed by atoms with E-state index in [4.69, 9.17) is 4.74 Å². The first-order valence-electron chi connectivity index (χ1n) is 12.9. The Morgan fingerprint density at radius 2 is 1.82 bits per heavy atom. The van der Waals surface area contributed by atoms with Crippen molar-refractivity contribution in [2.24, 2.45) is 0 Å². The number of hydrogen-bond acceptors (Lipinski definition) is 4. The lowest BCUT2D eigenvalue weighted by atomic mass is 9.87. The molecule has 1 heterocycles. The molecule has 2 aliphatic rings. The summed E-state index contributed by atoms with van der Waals surface area (Å²) in [4.78, 5) is 2.24. The van der Waals surface area contributed by atoms with Gasteiger partial charge in [-0.3, -0.25) is 9.29 Å². The van der Waals surface area contributed by atoms with Crippen LogP contribution in [0, 0.1) is 17.1 Å². The normalized spacial score (nSPS) is 17.3. The first-order valence-corrected chi connectivity index (χ1v) is 12.9. The van der Waals surface area contributed by atoms with Crippen molar-refractivity contribution in [2.45, 2.75) is 45.6 Å². The minimum Gasteiger partial charge on any atom is -0.508 e. The molecule has 0 aromatic heterocycles. The first-order chi connectivity index (χ1) is 18.1. The van der Waals surface area contributed by atoms with Crippen LogP contribution < -0.4 is 4.74 Å². The molecule has 0 spiro atoms. The van der Waals surface area contributed by atoms with E-state index in [1.165, 1.54) is 12.1 Å². The summed E-state index contributed by atoms with van der Waals surface area (Å²) in [5, 5.41) is 19.3. The zero-order valence-electron chi connectivity index (χ0n) is 20.7. The minimum atomic E-state index is -0.525. The van der Waals surface area contributed by atoms with Crippen LogP contribution in [0.25, 0.3) is 11.1 Å². The summed E-state index contributed by atoms with van der Waals surface area (Å²) in [7, 11) is 0. The SMILES string of the molecule is C.N#Cc1ccc(C2=C(c3ccc(O[C@H]4CCN(CCCF)C4)cc3)c3ccc(O)cc3CCC2)cc1F. The molecule has 3 aromatic carbocycles. The Labute approximate surface area is 223 Å². The van der Waals surface area contributed by atoms with Crippen LogP contribution in [0.4, 0.5) is 8.78 Å². The van der Waals surface area contributed by atoms with Crippen LogP contribution in [0.2, 0.25) is 0 Å². The molecule has 0 unspecified atom stereocenters. The Bertz CT molecular complexity index is 1340. The van der Waals surface area contributed by atoms with Gasteiger partial charge >= 0.3 is 0 Å². The number of ether oxygens (including phenoxy) is 1. The Morgan fingerprint density at radius 1 is 1.03 bits per heavy atom. The van der Waals surface area contributed by atoms with E-state index < -0.39 is 5.82 Å². The maximum absolute atomic E-state index is 14.6. The predicted molar refractivity (Wildman–Crippen MR) is 147 cm³/mol. The van der Waals surface area contributed by atoms with Crippen molar-refractivity contribution in [1.29, 1.82) is 5.26 Å². The van der Waals surface area contributed by atoms with Gasteiger partial charge in [0, 0.05) is 19.6 Å². The fourth-order valence-corrected chi connectivity index (χ4v) is 5.46. The topological polar surface area (TPSA) is 56.5 Å². The summed E-state index contributed by atoms with van der Waals surface area (Å²) >= 11 is 0. The average molecular weight is 517 g/mol. The summed E-state index contributed by atoms with van der Waals surface area (Å²) in [6, 6.07) is 20.1. The van der Waals surface area contributed by atoms with Crippen LogP contribution >= 0.6 is 0 Å². The lowest BCUT2D eigenvalue weighted by Crippen LogP contribution is -2.26. The molecule has 1 saturated heterocycles. The number of nitrogens with zero attached hydrogens (tertiary/aromatic N) is 2. The highest BCUT2D eigenvalue weighted by Gasteiger charge is 2.24. The van der Waals surface area contributed by atoms with Crippen LogP contribution in [0.1, 0.15) is 60.9 Å². The van der Waals surface area contributed by atoms with Crippen molar-refractivity contribution in [3.05, 3.63) is 94.3 Å². The molecular weight excluding hydrogens is 482 g/mol. The van der Waals surface area contributed by atoms with Gasteiger partial charge in [0.05, 0.1) is 12.2 Å². The molecule has 1 N–H and O–H groups in total. The number of hydrogen-bond donors (Lipinski definition) is 1. The second-order valence-electron chi connectivity index (χ2n) is 9.75. The third-order valence-corrected chi connectivity index (χ3v) is 7.25. The van der Waals surface area contributed by atoms with Gasteiger partial charge in [-0.15, -0.1) is 0 Å². The fraction of sp³-hybridized carbons (Fsp3) is 0.344. The lowest BCUT2D eigenvalue weighted by Gasteiger charge is -2.19. The number of fused-ring (bicyclic) bond motifs is 1. The van der Waals surface area contributed by atoms with Crippen LogP contribution in [0.3, 0.4) is 0 Å². The standard InChI is InChI=1S/C31H30F2N2O2.CH4/c32-14-2-15-35-16-13-27(20-35)37-26-10-7-21(8-11-26)31-28(23-5-6-24(19-34)30(33)18-23)4-1-3-22-17-25(36)9-12-29(22)31;/h5-12,17-18,27,36H,1-4,13-16,20H2;1H4/t27-;/m0./s1. The molecular formula is C32H34F2N2O2. The number of alkyl halides is 1. The Hall–Kier alpha value is -3.69. The molecule has 1 fully saturated rings. The number of phenolic OH excluding ortho intramolecular Hbond substituents is 1. The lowest BCUT2D eigenvalue weighted by molar-refractivity contribution is 0.198. The van der Waals surface area contributed by atoms with Crippen molar-refractivity contribution < 1.29 is 18.6 Å². The summed E-state index contributed by atoms with van der Waals surface area (Å²) in [6.07, 6.45) is 3.97. The van der Waals surface area contributed by atoms with E-state index in [1.54, 1.807) is 6.07 Å². The summed E-state index contributed by atoms with van der Waals surface area (Å²) in [5.74, 6) is 0.488. The van der Waals surface area contributed by atoms with Crippen LogP contribution in [0.5, 0.6) is 11.5 Å². The molecule has 1 aliphatic carbocycles. The van der Waals surface area contributed by atoms with Gasteiger partial charge in [0.15, 0.2) is 0 Å². The minimum absolute atomic E-state index is 0. The Balaban J connectivity index is 0.00000336. The zero-order valence-corrected chi connectivity index (χ0v) is 20.7. The number of benzene rings is 3. The van der Waals surface area contributed by atoms with E-state index in [0.29, 0.717) is 6.42 Å². The van der Waals surface area contributed by atoms with E-state index in [2.05, 4.69) is 4.90 Å². The molecule has 0 saturated carbocycles. The average Bonchev–Trinajstić information content (AvgIpc) is 3.26. The Morgan fingerprint density at radius 3 is 2.55 bits per heavy atom. The molecule has 5 rings (SSSR count). The molecule has 4 nitrogen and oxygen atoms in total. The number of nitriles is 1. The summed E-state index contributed by atoms with van der Waals surface area (Å²) < 4.78 is 33.3. The second kappa shape index (κ2) is 12.2. The van der Waals surface area contributed by atoms with E-state index in [9.17, 15) is 19.1 Å². The number of allylic oxidation sites excluding steroid dienone is 1. The van der Waals surface area contributed by atoms with E-state index in [1.807, 2.05) is 48.5 Å². The van der Waals surface area contributed by atoms with Gasteiger partial charge < -0.3 is 9.84 Å². The van der Waals surface area contributed by atoms with Crippen molar-refractivity contribution in [3.63, 3.8) is 0 Å². The summed E-state index contributed by atoms with van der Waals surface area (Å²) in [5.41, 5.74) is 5.86. The zero-order chi connectivity index (χ0) is 25.8. The number of rotatable bonds is 7. The van der Waals surface area contributed by atoms with Gasteiger partial charge in [-0.05, 0) is 102 Å². The van der Waals surface area contributed by atoms with Gasteiger partial charge in [0.25, 0.3) is 0 Å². The van der Waals surface area contributed by atoms with E-state index >= 15 is 0 Å². The largest absolute Gasteiger partial charge is 0.508 e. The molecule has 198 valence electrons. The van der Waals surface area contributed by atoms with Gasteiger partial charge in [0.1, 0.15) is 29.5 Å². The quantitative estimate of drug-likeness (QED) is 0.362. The second-order valence-corrected chi connectivity index (χ2v) is 9.75. The molecule has 0 radical (unpaired) electrons. The van der Waals surface area contributed by atoms with Crippen LogP contribution in [0.15, 0.2) is 60.7 Å². The third-order valence-electron chi connectivity index (χ3n) is 7.25. The maximum atomic E-state index is 14.6. The number of likely N-dealkylation sites (tertiary alicyclic amines) is 1. The highest BCUT2D eigenvalue weighted by molar-refractivity contribution is 6.00. The highest BCUT2D eigenvalue weighted by Crippen LogP contribution is 2.41. The molecule has 1 aliphatic heterocycles. The maximum Gasteiger partial charge on any atom is 0.141 e. The van der Waals surface area contributed by atoms with E-state index in [0.717, 1.165) is 84.5 Å². The number of phenols is 1. The molecule has 1 atom stereocenters. The van der Waals surface area contributed by atoms with E-state index in [-0.39, 0.29) is 31.5 Å². The predicted octanol–water partition coefficient (Wildman–Crippen LogP) is 7.15. The first kappa shape index (κ1) is 27.3. The smallest absolute Gasteiger partial charge is 0.141 e. The molecule has 3 aromatic rings. The van der Waals surface area contributed by atoms with Crippen molar-refractivity contribution in [3.8, 4) is 17.6 Å². The molecule has 0 bridgehead atoms.